The average Bonchev–Trinajstić information content (AvgIpc) is 3.10. The lowest BCUT2D eigenvalue weighted by Crippen LogP contribution is -2.01. The van der Waals surface area contributed by atoms with Crippen molar-refractivity contribution in [3.8, 4) is 5.69 Å². The van der Waals surface area contributed by atoms with Crippen molar-refractivity contribution in [2.45, 2.75) is 6.54 Å². The van der Waals surface area contributed by atoms with E-state index in [-0.39, 0.29) is 0 Å². The summed E-state index contributed by atoms with van der Waals surface area (Å²) >= 11 is 1.35. The minimum Gasteiger partial charge on any atom is -0.379 e. The van der Waals surface area contributed by atoms with Crippen LogP contribution >= 0.6 is 11.5 Å². The van der Waals surface area contributed by atoms with Crippen molar-refractivity contribution in [1.29, 1.82) is 0 Å². The van der Waals surface area contributed by atoms with Gasteiger partial charge in [0.1, 0.15) is 0 Å². The lowest BCUT2D eigenvalue weighted by atomic mass is 10.3. The van der Waals surface area contributed by atoms with Crippen LogP contribution in [0.1, 0.15) is 5.69 Å². The third-order valence-corrected chi connectivity index (χ3v) is 2.95. The molecule has 0 saturated carbocycles. The Morgan fingerprint density at radius 3 is 2.56 bits per heavy atom. The predicted molar refractivity (Wildman–Crippen MR) is 68.6 cm³/mol. The second kappa shape index (κ2) is 4.92. The van der Waals surface area contributed by atoms with Gasteiger partial charge in [-0.2, -0.15) is 15.0 Å². The minimum atomic E-state index is 0.676. The van der Waals surface area contributed by atoms with Crippen molar-refractivity contribution in [2.24, 2.45) is 0 Å². The number of anilines is 1. The van der Waals surface area contributed by atoms with E-state index in [4.69, 9.17) is 0 Å². The summed E-state index contributed by atoms with van der Waals surface area (Å²) in [6.45, 7) is 0.676. The van der Waals surface area contributed by atoms with Crippen LogP contribution in [-0.4, -0.2) is 24.6 Å². The molecule has 1 aromatic carbocycles. The smallest absolute Gasteiger partial charge is 0.0946 e. The van der Waals surface area contributed by atoms with Crippen molar-refractivity contribution in [3.05, 3.63) is 47.7 Å². The molecule has 1 N–H and O–H groups in total. The summed E-state index contributed by atoms with van der Waals surface area (Å²) in [6.07, 6.45) is 3.31. The molecule has 0 bridgehead atoms. The summed E-state index contributed by atoms with van der Waals surface area (Å²) in [7, 11) is 0. The van der Waals surface area contributed by atoms with Crippen LogP contribution in [0.3, 0.4) is 0 Å². The Morgan fingerprint density at radius 2 is 1.89 bits per heavy atom. The van der Waals surface area contributed by atoms with E-state index in [0.717, 1.165) is 17.1 Å². The van der Waals surface area contributed by atoms with Gasteiger partial charge in [-0.25, -0.2) is 0 Å². The Labute approximate surface area is 107 Å². The molecule has 7 heteroatoms. The SMILES string of the molecule is c1cnn(-c2ccc(NCc3csnn3)cc2)n1. The van der Waals surface area contributed by atoms with Gasteiger partial charge in [0.15, 0.2) is 0 Å². The molecular weight excluding hydrogens is 248 g/mol. The van der Waals surface area contributed by atoms with E-state index in [1.165, 1.54) is 11.5 Å². The third kappa shape index (κ3) is 2.35. The normalized spacial score (nSPS) is 10.4. The summed E-state index contributed by atoms with van der Waals surface area (Å²) in [6, 6.07) is 7.89. The zero-order valence-electron chi connectivity index (χ0n) is 9.39. The molecule has 3 rings (SSSR count). The van der Waals surface area contributed by atoms with E-state index in [9.17, 15) is 0 Å². The van der Waals surface area contributed by atoms with Crippen molar-refractivity contribution in [3.63, 3.8) is 0 Å². The molecule has 0 aliphatic carbocycles. The molecule has 0 fully saturated rings. The molecule has 0 atom stereocenters. The zero-order chi connectivity index (χ0) is 12.2. The van der Waals surface area contributed by atoms with E-state index in [0.29, 0.717) is 6.54 Å². The van der Waals surface area contributed by atoms with Gasteiger partial charge in [-0.15, -0.1) is 5.10 Å². The van der Waals surface area contributed by atoms with Crippen LogP contribution in [0.5, 0.6) is 0 Å². The fourth-order valence-electron chi connectivity index (χ4n) is 1.52. The van der Waals surface area contributed by atoms with Gasteiger partial charge in [0.25, 0.3) is 0 Å². The highest BCUT2D eigenvalue weighted by molar-refractivity contribution is 7.03. The van der Waals surface area contributed by atoms with E-state index < -0.39 is 0 Å². The maximum Gasteiger partial charge on any atom is 0.0946 e. The number of nitrogens with zero attached hydrogens (tertiary/aromatic N) is 5. The van der Waals surface area contributed by atoms with Gasteiger partial charge in [-0.1, -0.05) is 4.49 Å². The van der Waals surface area contributed by atoms with Crippen molar-refractivity contribution in [2.75, 3.05) is 5.32 Å². The summed E-state index contributed by atoms with van der Waals surface area (Å²) < 4.78 is 3.81. The quantitative estimate of drug-likeness (QED) is 0.772. The maximum atomic E-state index is 4.07. The highest BCUT2D eigenvalue weighted by atomic mass is 32.1. The number of benzene rings is 1. The van der Waals surface area contributed by atoms with E-state index >= 15 is 0 Å². The Bertz CT molecular complexity index is 587. The van der Waals surface area contributed by atoms with Crippen LogP contribution in [0.2, 0.25) is 0 Å². The molecular formula is C11H10N6S. The molecule has 2 heterocycles. The van der Waals surface area contributed by atoms with Crippen molar-refractivity contribution < 1.29 is 0 Å². The Balaban J connectivity index is 1.68. The monoisotopic (exact) mass is 258 g/mol. The topological polar surface area (TPSA) is 68.5 Å². The van der Waals surface area contributed by atoms with Crippen LogP contribution in [0.4, 0.5) is 5.69 Å². The lowest BCUT2D eigenvalue weighted by Gasteiger charge is -2.05. The summed E-state index contributed by atoms with van der Waals surface area (Å²) in [5.41, 5.74) is 2.90. The summed E-state index contributed by atoms with van der Waals surface area (Å²) in [4.78, 5) is 1.58. The average molecular weight is 258 g/mol. The van der Waals surface area contributed by atoms with Gasteiger partial charge >= 0.3 is 0 Å². The molecule has 0 amide bonds. The van der Waals surface area contributed by atoms with Crippen LogP contribution < -0.4 is 5.32 Å². The third-order valence-electron chi connectivity index (χ3n) is 2.40. The second-order valence-electron chi connectivity index (χ2n) is 3.62. The molecule has 0 saturated heterocycles. The first-order valence-corrected chi connectivity index (χ1v) is 6.22. The first-order chi connectivity index (χ1) is 8.92. The first-order valence-electron chi connectivity index (χ1n) is 5.38. The Hall–Kier alpha value is -2.28. The van der Waals surface area contributed by atoms with Crippen LogP contribution in [0, 0.1) is 0 Å². The highest BCUT2D eigenvalue weighted by Gasteiger charge is 1.99. The standard InChI is InChI=1S/C11H10N6S/c1-3-11(17-13-5-6-14-17)4-2-9(1)12-7-10-8-18-16-15-10/h1-6,8,12H,7H2. The summed E-state index contributed by atoms with van der Waals surface area (Å²) in [5.74, 6) is 0. The number of hydrogen-bond donors (Lipinski definition) is 1. The molecule has 0 unspecified atom stereocenters. The predicted octanol–water partition coefficient (Wildman–Crippen LogP) is 1.73. The Morgan fingerprint density at radius 1 is 1.11 bits per heavy atom. The Kier molecular flexibility index (Phi) is 2.97. The molecule has 3 aromatic rings. The fourth-order valence-corrected chi connectivity index (χ4v) is 1.97. The maximum absolute atomic E-state index is 4.07. The lowest BCUT2D eigenvalue weighted by molar-refractivity contribution is 0.752. The van der Waals surface area contributed by atoms with Crippen LogP contribution in [0.15, 0.2) is 42.0 Å². The van der Waals surface area contributed by atoms with Crippen molar-refractivity contribution >= 4 is 17.2 Å². The molecule has 18 heavy (non-hydrogen) atoms. The van der Waals surface area contributed by atoms with E-state index in [1.54, 1.807) is 17.2 Å². The van der Waals surface area contributed by atoms with Gasteiger partial charge in [0, 0.05) is 11.1 Å². The molecule has 0 radical (unpaired) electrons. The molecule has 0 aliphatic rings. The van der Waals surface area contributed by atoms with E-state index in [2.05, 4.69) is 25.1 Å². The first kappa shape index (κ1) is 10.8. The van der Waals surface area contributed by atoms with Gasteiger partial charge in [-0.05, 0) is 35.8 Å². The number of aromatic nitrogens is 5. The second-order valence-corrected chi connectivity index (χ2v) is 4.23. The highest BCUT2D eigenvalue weighted by Crippen LogP contribution is 2.12. The van der Waals surface area contributed by atoms with E-state index in [1.807, 2.05) is 29.6 Å². The number of nitrogens with one attached hydrogen (secondary N) is 1. The summed E-state index contributed by atoms with van der Waals surface area (Å²) in [5, 5.41) is 17.3. The van der Waals surface area contributed by atoms with Crippen LogP contribution in [-0.2, 0) is 6.54 Å². The van der Waals surface area contributed by atoms with Gasteiger partial charge in [0.2, 0.25) is 0 Å². The van der Waals surface area contributed by atoms with Gasteiger partial charge in [0.05, 0.1) is 30.3 Å². The molecule has 0 spiro atoms. The van der Waals surface area contributed by atoms with Crippen LogP contribution in [0.25, 0.3) is 5.69 Å². The van der Waals surface area contributed by atoms with Gasteiger partial charge in [-0.3, -0.25) is 0 Å². The number of rotatable bonds is 4. The number of hydrogen-bond acceptors (Lipinski definition) is 6. The van der Waals surface area contributed by atoms with Gasteiger partial charge < -0.3 is 5.32 Å². The zero-order valence-corrected chi connectivity index (χ0v) is 10.2. The minimum absolute atomic E-state index is 0.676. The largest absolute Gasteiger partial charge is 0.379 e. The molecule has 0 aliphatic heterocycles. The fraction of sp³-hybridized carbons (Fsp3) is 0.0909. The molecule has 2 aromatic heterocycles. The van der Waals surface area contributed by atoms with Crippen molar-refractivity contribution in [1.82, 2.24) is 24.6 Å². The molecule has 90 valence electrons. The molecule has 6 nitrogen and oxygen atoms in total.